The van der Waals surface area contributed by atoms with E-state index < -0.39 is 0 Å². The van der Waals surface area contributed by atoms with Crippen molar-refractivity contribution in [3.05, 3.63) is 164 Å². The fourth-order valence-electron chi connectivity index (χ4n) is 7.15. The Morgan fingerprint density at radius 3 is 1.92 bits per heavy atom. The molecule has 0 saturated heterocycles. The highest BCUT2D eigenvalue weighted by Gasteiger charge is 2.19. The predicted octanol–water partition coefficient (Wildman–Crippen LogP) is 12.1. The SMILES string of the molecule is c1ccc(-c2nc(-c3ccc4ccccc4c3)c3sc4c(-c5cccc(-n6c7ccccc7c7ccccc76)c5)cccc4c3n2)cc1. The first-order chi connectivity index (χ1) is 23.8. The fourth-order valence-corrected chi connectivity index (χ4v) is 8.44. The molecular formula is C44H27N3S. The van der Waals surface area contributed by atoms with Gasteiger partial charge >= 0.3 is 0 Å². The molecule has 0 fully saturated rings. The van der Waals surface area contributed by atoms with E-state index in [1.807, 2.05) is 18.2 Å². The third-order valence-corrected chi connectivity index (χ3v) is 10.6. The van der Waals surface area contributed by atoms with Crippen molar-refractivity contribution in [3.8, 4) is 39.5 Å². The van der Waals surface area contributed by atoms with Crippen LogP contribution in [0.5, 0.6) is 0 Å². The number of nitrogens with zero attached hydrogens (tertiary/aromatic N) is 3. The van der Waals surface area contributed by atoms with Crippen molar-refractivity contribution in [2.24, 2.45) is 0 Å². The molecule has 3 aromatic heterocycles. The second-order valence-corrected chi connectivity index (χ2v) is 13.2. The van der Waals surface area contributed by atoms with Gasteiger partial charge in [-0.1, -0.05) is 133 Å². The molecule has 0 spiro atoms. The summed E-state index contributed by atoms with van der Waals surface area (Å²) in [5.41, 5.74) is 10.0. The Hall–Kier alpha value is -6.10. The highest BCUT2D eigenvalue weighted by atomic mass is 32.1. The van der Waals surface area contributed by atoms with Crippen LogP contribution in [0.4, 0.5) is 0 Å². The largest absolute Gasteiger partial charge is 0.309 e. The van der Waals surface area contributed by atoms with E-state index in [0.29, 0.717) is 0 Å². The molecule has 48 heavy (non-hydrogen) atoms. The van der Waals surface area contributed by atoms with Gasteiger partial charge in [0.15, 0.2) is 5.82 Å². The molecule has 0 N–H and O–H groups in total. The quantitative estimate of drug-likeness (QED) is 0.194. The number of thiophene rings is 1. The minimum atomic E-state index is 0.740. The third-order valence-electron chi connectivity index (χ3n) is 9.39. The molecule has 0 unspecified atom stereocenters. The Balaban J connectivity index is 1.21. The van der Waals surface area contributed by atoms with Gasteiger partial charge in [0.2, 0.25) is 0 Å². The van der Waals surface area contributed by atoms with Crippen molar-refractivity contribution < 1.29 is 0 Å². The second kappa shape index (κ2) is 10.7. The van der Waals surface area contributed by atoms with Crippen LogP contribution in [-0.4, -0.2) is 14.5 Å². The zero-order chi connectivity index (χ0) is 31.6. The molecular weight excluding hydrogens is 603 g/mol. The summed E-state index contributed by atoms with van der Waals surface area (Å²) in [5, 5.41) is 6.10. The highest BCUT2D eigenvalue weighted by molar-refractivity contribution is 7.26. The molecule has 224 valence electrons. The normalized spacial score (nSPS) is 11.8. The van der Waals surface area contributed by atoms with Crippen LogP contribution < -0.4 is 0 Å². The topological polar surface area (TPSA) is 30.7 Å². The van der Waals surface area contributed by atoms with Crippen molar-refractivity contribution in [3.63, 3.8) is 0 Å². The lowest BCUT2D eigenvalue weighted by atomic mass is 10.0. The van der Waals surface area contributed by atoms with Gasteiger partial charge in [-0.15, -0.1) is 11.3 Å². The van der Waals surface area contributed by atoms with Crippen molar-refractivity contribution >= 4 is 64.2 Å². The maximum absolute atomic E-state index is 5.25. The first kappa shape index (κ1) is 27.1. The smallest absolute Gasteiger partial charge is 0.160 e. The van der Waals surface area contributed by atoms with E-state index in [9.17, 15) is 0 Å². The molecule has 0 bridgehead atoms. The van der Waals surface area contributed by atoms with Gasteiger partial charge in [-0.3, -0.25) is 0 Å². The summed E-state index contributed by atoms with van der Waals surface area (Å²) in [6, 6.07) is 58.3. The van der Waals surface area contributed by atoms with Gasteiger partial charge in [0, 0.05) is 37.7 Å². The Morgan fingerprint density at radius 1 is 0.438 bits per heavy atom. The van der Waals surface area contributed by atoms with Crippen LogP contribution in [0.3, 0.4) is 0 Å². The highest BCUT2D eigenvalue weighted by Crippen LogP contribution is 2.44. The lowest BCUT2D eigenvalue weighted by molar-refractivity contribution is 1.18. The molecule has 10 aromatic rings. The zero-order valence-corrected chi connectivity index (χ0v) is 26.7. The number of benzene rings is 7. The maximum Gasteiger partial charge on any atom is 0.160 e. The number of fused-ring (bicyclic) bond motifs is 7. The van der Waals surface area contributed by atoms with Crippen LogP contribution in [0.2, 0.25) is 0 Å². The van der Waals surface area contributed by atoms with Gasteiger partial charge in [-0.2, -0.15) is 0 Å². The van der Waals surface area contributed by atoms with Crippen molar-refractivity contribution in [1.29, 1.82) is 0 Å². The monoisotopic (exact) mass is 629 g/mol. The van der Waals surface area contributed by atoms with E-state index in [1.165, 1.54) is 48.4 Å². The molecule has 0 saturated carbocycles. The maximum atomic E-state index is 5.25. The van der Waals surface area contributed by atoms with Gasteiger partial charge in [0.25, 0.3) is 0 Å². The van der Waals surface area contributed by atoms with Crippen molar-refractivity contribution in [2.75, 3.05) is 0 Å². The van der Waals surface area contributed by atoms with E-state index in [-0.39, 0.29) is 0 Å². The molecule has 0 aliphatic heterocycles. The Kier molecular flexibility index (Phi) is 6.05. The van der Waals surface area contributed by atoms with Gasteiger partial charge < -0.3 is 4.57 Å². The number of hydrogen-bond acceptors (Lipinski definition) is 3. The molecule has 4 heteroatoms. The molecule has 3 nitrogen and oxygen atoms in total. The molecule has 7 aromatic carbocycles. The summed E-state index contributed by atoms with van der Waals surface area (Å²) in [4.78, 5) is 10.5. The molecule has 10 rings (SSSR count). The summed E-state index contributed by atoms with van der Waals surface area (Å²) in [5.74, 6) is 0.740. The van der Waals surface area contributed by atoms with E-state index in [1.54, 1.807) is 11.3 Å². The summed E-state index contributed by atoms with van der Waals surface area (Å²) in [7, 11) is 0. The molecule has 0 radical (unpaired) electrons. The first-order valence-corrected chi connectivity index (χ1v) is 17.0. The molecule has 0 atom stereocenters. The number of para-hydroxylation sites is 2. The summed E-state index contributed by atoms with van der Waals surface area (Å²) < 4.78 is 4.70. The van der Waals surface area contributed by atoms with Crippen molar-refractivity contribution in [1.82, 2.24) is 14.5 Å². The Morgan fingerprint density at radius 2 is 1.10 bits per heavy atom. The third kappa shape index (κ3) is 4.20. The second-order valence-electron chi connectivity index (χ2n) is 12.2. The predicted molar refractivity (Wildman–Crippen MR) is 203 cm³/mol. The number of hydrogen-bond donors (Lipinski definition) is 0. The summed E-state index contributed by atoms with van der Waals surface area (Å²) in [6.45, 7) is 0. The lowest BCUT2D eigenvalue weighted by Gasteiger charge is -2.11. The standard InChI is InChI=1S/C44H27N3S/c1-2-13-29(14-3-1)44-45-40(32-25-24-28-12-4-5-15-30(28)26-32)43-41(46-44)37-21-11-20-34(42(37)48-43)31-16-10-17-33(27-31)47-38-22-8-6-18-35(38)36-19-7-9-23-39(36)47/h1-27H. The van der Waals surface area contributed by atoms with E-state index in [4.69, 9.17) is 9.97 Å². The van der Waals surface area contributed by atoms with Crippen LogP contribution in [0.15, 0.2) is 164 Å². The van der Waals surface area contributed by atoms with Gasteiger partial charge in [-0.05, 0) is 52.2 Å². The average Bonchev–Trinajstić information content (AvgIpc) is 3.71. The first-order valence-electron chi connectivity index (χ1n) is 16.2. The number of aromatic nitrogens is 3. The average molecular weight is 630 g/mol. The van der Waals surface area contributed by atoms with Crippen LogP contribution in [0.25, 0.3) is 92.3 Å². The van der Waals surface area contributed by atoms with Gasteiger partial charge in [0.05, 0.1) is 26.9 Å². The van der Waals surface area contributed by atoms with Crippen LogP contribution in [0.1, 0.15) is 0 Å². The zero-order valence-electron chi connectivity index (χ0n) is 25.8. The van der Waals surface area contributed by atoms with Gasteiger partial charge in [0.1, 0.15) is 0 Å². The Bertz CT molecular complexity index is 2790. The van der Waals surface area contributed by atoms with Crippen molar-refractivity contribution in [2.45, 2.75) is 0 Å². The molecule has 3 heterocycles. The van der Waals surface area contributed by atoms with E-state index in [2.05, 4.69) is 150 Å². The lowest BCUT2D eigenvalue weighted by Crippen LogP contribution is -1.94. The molecule has 0 aliphatic rings. The van der Waals surface area contributed by atoms with Crippen LogP contribution in [-0.2, 0) is 0 Å². The minimum Gasteiger partial charge on any atom is -0.309 e. The van der Waals surface area contributed by atoms with E-state index >= 15 is 0 Å². The van der Waals surface area contributed by atoms with E-state index in [0.717, 1.165) is 43.9 Å². The molecule has 0 amide bonds. The molecule has 0 aliphatic carbocycles. The number of rotatable bonds is 4. The minimum absolute atomic E-state index is 0.740. The van der Waals surface area contributed by atoms with Crippen LogP contribution in [0, 0.1) is 0 Å². The van der Waals surface area contributed by atoms with Gasteiger partial charge in [-0.25, -0.2) is 9.97 Å². The summed E-state index contributed by atoms with van der Waals surface area (Å²) >= 11 is 1.79. The summed E-state index contributed by atoms with van der Waals surface area (Å²) in [6.07, 6.45) is 0. The van der Waals surface area contributed by atoms with Crippen LogP contribution >= 0.6 is 11.3 Å². The fraction of sp³-hybridized carbons (Fsp3) is 0. The Labute approximate surface area is 281 Å².